The fourth-order valence-electron chi connectivity index (χ4n) is 5.48. The third kappa shape index (κ3) is 4.16. The van der Waals surface area contributed by atoms with E-state index in [2.05, 4.69) is 34.9 Å². The van der Waals surface area contributed by atoms with Crippen molar-refractivity contribution in [1.29, 1.82) is 0 Å². The predicted octanol–water partition coefficient (Wildman–Crippen LogP) is 1.64. The quantitative estimate of drug-likeness (QED) is 0.424. The molecule has 0 bridgehead atoms. The molecule has 2 atom stereocenters. The van der Waals surface area contributed by atoms with Gasteiger partial charge in [0.05, 0.1) is 24.1 Å². The normalized spacial score (nSPS) is 21.2. The van der Waals surface area contributed by atoms with E-state index in [0.29, 0.717) is 24.3 Å². The smallest absolute Gasteiger partial charge is 0.373 e. The van der Waals surface area contributed by atoms with Crippen molar-refractivity contribution < 1.29 is 14.5 Å². The highest BCUT2D eigenvalue weighted by molar-refractivity contribution is 5.95. The summed E-state index contributed by atoms with van der Waals surface area (Å²) < 4.78 is 8.91. The summed E-state index contributed by atoms with van der Waals surface area (Å²) in [5.74, 6) is 0.159. The molecular formula is C26H30N7O3+. The second kappa shape index (κ2) is 9.11. The maximum Gasteiger partial charge on any atom is 0.425 e. The molecule has 0 radical (unpaired) electrons. The molecule has 10 heteroatoms. The molecule has 2 fully saturated rings. The van der Waals surface area contributed by atoms with Crippen molar-refractivity contribution in [3.63, 3.8) is 0 Å². The zero-order valence-corrected chi connectivity index (χ0v) is 20.6. The number of nitrogens with one attached hydrogen (secondary N) is 1. The molecule has 0 aliphatic carbocycles. The first-order valence-electron chi connectivity index (χ1n) is 12.5. The molecule has 2 aliphatic heterocycles. The van der Waals surface area contributed by atoms with Gasteiger partial charge in [-0.25, -0.2) is 14.8 Å². The fraction of sp³-hybridized carbons (Fsp3) is 0.423. The maximum absolute atomic E-state index is 13.3. The summed E-state index contributed by atoms with van der Waals surface area (Å²) >= 11 is 0. The number of aromatic nitrogens is 5. The molecule has 1 aromatic carbocycles. The zero-order valence-electron chi connectivity index (χ0n) is 20.6. The number of hydrogen-bond acceptors (Lipinski definition) is 6. The molecule has 0 unspecified atom stereocenters. The Morgan fingerprint density at radius 2 is 1.83 bits per heavy atom. The second-order valence-corrected chi connectivity index (χ2v) is 9.90. The van der Waals surface area contributed by atoms with E-state index in [1.165, 1.54) is 10.8 Å². The van der Waals surface area contributed by atoms with Crippen LogP contribution in [0.5, 0.6) is 0 Å². The molecule has 2 saturated heterocycles. The Labute approximate surface area is 208 Å². The molecule has 4 aromatic rings. The van der Waals surface area contributed by atoms with Crippen LogP contribution >= 0.6 is 0 Å². The lowest BCUT2D eigenvalue weighted by atomic mass is 10.1. The average molecular weight is 489 g/mol. The van der Waals surface area contributed by atoms with Gasteiger partial charge in [0, 0.05) is 49.6 Å². The van der Waals surface area contributed by atoms with Gasteiger partial charge in [-0.05, 0) is 54.1 Å². The van der Waals surface area contributed by atoms with Crippen LogP contribution in [0.3, 0.4) is 0 Å². The molecule has 1 N–H and O–H groups in total. The molecule has 186 valence electrons. The third-order valence-electron chi connectivity index (χ3n) is 7.00. The first-order valence-corrected chi connectivity index (χ1v) is 12.5. The predicted molar refractivity (Wildman–Crippen MR) is 134 cm³/mol. The molecule has 2 aliphatic rings. The number of anilines is 1. The van der Waals surface area contributed by atoms with E-state index in [1.54, 1.807) is 4.57 Å². The minimum absolute atomic E-state index is 0.159. The molecule has 10 nitrogen and oxygen atoms in total. The SMILES string of the molecule is C[C@@H]1CN(Cc2cnc3c(c2)c2[nH+]cnn2c(=O)n3Cc2ccc(N3CCCC3=O)cc2)C[C@H](C)O1. The van der Waals surface area contributed by atoms with E-state index in [4.69, 9.17) is 9.72 Å². The highest BCUT2D eigenvalue weighted by Gasteiger charge is 2.24. The van der Waals surface area contributed by atoms with Crippen LogP contribution in [0.1, 0.15) is 37.8 Å². The largest absolute Gasteiger partial charge is 0.425 e. The number of morpholine rings is 1. The maximum atomic E-state index is 13.3. The minimum Gasteiger partial charge on any atom is -0.373 e. The number of H-pyrrole nitrogens is 1. The van der Waals surface area contributed by atoms with E-state index < -0.39 is 0 Å². The van der Waals surface area contributed by atoms with Gasteiger partial charge >= 0.3 is 5.69 Å². The Balaban J connectivity index is 1.34. The Morgan fingerprint density at radius 3 is 2.56 bits per heavy atom. The Bertz CT molecular complexity index is 1480. The van der Waals surface area contributed by atoms with Crippen molar-refractivity contribution in [3.05, 3.63) is 64.5 Å². The van der Waals surface area contributed by atoms with Gasteiger partial charge in [-0.3, -0.25) is 14.3 Å². The van der Waals surface area contributed by atoms with Gasteiger partial charge in [0.2, 0.25) is 5.91 Å². The first-order chi connectivity index (χ1) is 17.5. The molecule has 3 aromatic heterocycles. The lowest BCUT2D eigenvalue weighted by molar-refractivity contribution is -0.345. The highest BCUT2D eigenvalue weighted by atomic mass is 16.5. The Hall–Kier alpha value is -3.63. The molecular weight excluding hydrogens is 458 g/mol. The van der Waals surface area contributed by atoms with Crippen molar-refractivity contribution in [2.24, 2.45) is 0 Å². The topological polar surface area (TPSA) is 99.1 Å². The summed E-state index contributed by atoms with van der Waals surface area (Å²) in [7, 11) is 0. The number of hydrogen-bond donors (Lipinski definition) is 0. The number of rotatable bonds is 5. The van der Waals surface area contributed by atoms with E-state index in [0.717, 1.165) is 54.8 Å². The molecule has 36 heavy (non-hydrogen) atoms. The van der Waals surface area contributed by atoms with Gasteiger partial charge in [0.1, 0.15) is 0 Å². The Kier molecular flexibility index (Phi) is 5.77. The van der Waals surface area contributed by atoms with Crippen LogP contribution in [-0.2, 0) is 22.6 Å². The standard InChI is InChI=1S/C26H29N7O3/c1-17-12-30(13-18(2)36-17)14-20-10-22-24(27-11-20)32(26(35)33-25(22)28-16-29-33)15-19-5-7-21(8-6-19)31-9-3-4-23(31)34/h5-8,10-11,16-18H,3-4,9,12-15H2,1-2H3/p+1/t17-,18+. The van der Waals surface area contributed by atoms with E-state index in [1.807, 2.05) is 35.4 Å². The van der Waals surface area contributed by atoms with Crippen LogP contribution in [0.25, 0.3) is 16.7 Å². The summed E-state index contributed by atoms with van der Waals surface area (Å²) in [6, 6.07) is 9.92. The number of pyridine rings is 1. The van der Waals surface area contributed by atoms with Gasteiger partial charge in [0.25, 0.3) is 12.0 Å². The lowest BCUT2D eigenvalue weighted by Crippen LogP contribution is -2.44. The van der Waals surface area contributed by atoms with Gasteiger partial charge in [-0.2, -0.15) is 0 Å². The summed E-state index contributed by atoms with van der Waals surface area (Å²) in [5, 5.41) is 5.09. The molecule has 5 heterocycles. The zero-order chi connectivity index (χ0) is 24.8. The van der Waals surface area contributed by atoms with Crippen LogP contribution in [0.15, 0.2) is 47.7 Å². The second-order valence-electron chi connectivity index (χ2n) is 9.90. The summed E-state index contributed by atoms with van der Waals surface area (Å²) in [6.07, 6.45) is 5.26. The van der Waals surface area contributed by atoms with Crippen molar-refractivity contribution in [3.8, 4) is 0 Å². The number of aromatic amines is 1. The van der Waals surface area contributed by atoms with Crippen LogP contribution in [0.4, 0.5) is 5.69 Å². The number of ether oxygens (including phenoxy) is 1. The monoisotopic (exact) mass is 488 g/mol. The fourth-order valence-corrected chi connectivity index (χ4v) is 5.48. The van der Waals surface area contributed by atoms with Crippen molar-refractivity contribution in [2.75, 3.05) is 24.5 Å². The summed E-state index contributed by atoms with van der Waals surface area (Å²) in [6.45, 7) is 7.80. The summed E-state index contributed by atoms with van der Waals surface area (Å²) in [4.78, 5) is 37.5. The van der Waals surface area contributed by atoms with Crippen molar-refractivity contribution in [2.45, 2.75) is 52.0 Å². The first kappa shape index (κ1) is 22.8. The third-order valence-corrected chi connectivity index (χ3v) is 7.00. The molecule has 0 saturated carbocycles. The minimum atomic E-state index is -0.256. The van der Waals surface area contributed by atoms with E-state index >= 15 is 0 Å². The molecule has 6 rings (SSSR count). The number of nitrogens with zero attached hydrogens (tertiary/aromatic N) is 6. The van der Waals surface area contributed by atoms with Crippen LogP contribution in [0, 0.1) is 0 Å². The van der Waals surface area contributed by atoms with Crippen molar-refractivity contribution >= 4 is 28.3 Å². The number of benzene rings is 1. The van der Waals surface area contributed by atoms with Crippen molar-refractivity contribution in [1.82, 2.24) is 24.1 Å². The Morgan fingerprint density at radius 1 is 1.06 bits per heavy atom. The van der Waals surface area contributed by atoms with Crippen LogP contribution < -0.4 is 15.6 Å². The van der Waals surface area contributed by atoms with Gasteiger partial charge in [0.15, 0.2) is 5.65 Å². The van der Waals surface area contributed by atoms with Crippen LogP contribution in [-0.4, -0.2) is 61.8 Å². The average Bonchev–Trinajstić information content (AvgIpc) is 3.51. The van der Waals surface area contributed by atoms with Gasteiger partial charge in [-0.15, -0.1) is 0 Å². The van der Waals surface area contributed by atoms with E-state index in [9.17, 15) is 9.59 Å². The number of carbonyl (C=O) groups excluding carboxylic acids is 1. The molecule has 1 amide bonds. The molecule has 0 spiro atoms. The van der Waals surface area contributed by atoms with Crippen LogP contribution in [0.2, 0.25) is 0 Å². The van der Waals surface area contributed by atoms with Gasteiger partial charge in [-0.1, -0.05) is 12.1 Å². The highest BCUT2D eigenvalue weighted by Crippen LogP contribution is 2.23. The van der Waals surface area contributed by atoms with E-state index in [-0.39, 0.29) is 23.8 Å². The lowest BCUT2D eigenvalue weighted by Gasteiger charge is -2.35. The number of fused-ring (bicyclic) bond motifs is 3. The number of carbonyl (C=O) groups is 1. The number of amides is 1. The van der Waals surface area contributed by atoms with Gasteiger partial charge < -0.3 is 9.64 Å². The summed E-state index contributed by atoms with van der Waals surface area (Å²) in [5.41, 5.74) is 3.90.